The third-order valence-electron chi connectivity index (χ3n) is 10.2. The summed E-state index contributed by atoms with van der Waals surface area (Å²) in [5.74, 6) is -9.70. The minimum Gasteiger partial charge on any atom is -0.309 e. The predicted octanol–water partition coefficient (Wildman–Crippen LogP) is 11.0. The van der Waals surface area contributed by atoms with E-state index in [0.717, 1.165) is 16.2 Å². The van der Waals surface area contributed by atoms with Gasteiger partial charge >= 0.3 is 0 Å². The van der Waals surface area contributed by atoms with Gasteiger partial charge in [-0.3, -0.25) is 0 Å². The van der Waals surface area contributed by atoms with E-state index in [2.05, 4.69) is 26.0 Å². The van der Waals surface area contributed by atoms with Crippen LogP contribution in [0.4, 0.5) is 22.0 Å². The Morgan fingerprint density at radius 2 is 0.877 bits per heavy atom. The van der Waals surface area contributed by atoms with Crippen LogP contribution in [-0.2, 0) is 0 Å². The lowest BCUT2D eigenvalue weighted by molar-refractivity contribution is 0.381. The highest BCUT2D eigenvalue weighted by Crippen LogP contribution is 2.43. The lowest BCUT2D eigenvalue weighted by Gasteiger charge is -2.20. The zero-order chi connectivity index (χ0) is 38.9. The van der Waals surface area contributed by atoms with Gasteiger partial charge in [0.1, 0.15) is 6.07 Å². The summed E-state index contributed by atoms with van der Waals surface area (Å²) < 4.78 is 80.8. The number of aromatic nitrogens is 6. The van der Waals surface area contributed by atoms with Gasteiger partial charge in [-0.1, -0.05) is 60.7 Å². The van der Waals surface area contributed by atoms with Gasteiger partial charge in [0.15, 0.2) is 34.9 Å². The molecule has 10 rings (SSSR count). The van der Waals surface area contributed by atoms with Crippen LogP contribution in [-0.4, -0.2) is 29.1 Å². The summed E-state index contributed by atoms with van der Waals surface area (Å²) in [7, 11) is 0. The molecule has 0 radical (unpaired) electrons. The number of halogens is 5. The quantitative estimate of drug-likeness (QED) is 0.0992. The average molecular weight is 756 g/mol. The molecule has 10 aromatic rings. The van der Waals surface area contributed by atoms with Gasteiger partial charge in [0.25, 0.3) is 0 Å². The standard InChI is InChI=1S/C45H22F5N7/c46-39-38(40(47)42(49)43(50)41(39)48)31-22-34(56-32-9-3-1-7-27(32)29-13-11-24(19-35(29)56)44-52-15-5-16-53-44)26(23-51)21-37(31)57-33-10-4-2-8-28(33)30-14-12-25(20-36(30)57)45-54-17-6-18-55-45/h1-22H. The summed E-state index contributed by atoms with van der Waals surface area (Å²) in [6, 6.07) is 34.0. The van der Waals surface area contributed by atoms with E-state index in [4.69, 9.17) is 0 Å². The Morgan fingerprint density at radius 1 is 0.439 bits per heavy atom. The molecule has 0 bridgehead atoms. The molecule has 0 fully saturated rings. The SMILES string of the molecule is N#Cc1cc(-n2c3ccccc3c3ccc(-c4ncccn4)cc32)c(-c2c(F)c(F)c(F)c(F)c2F)cc1-n1c2ccccc2c2ccc(-c3ncccn3)cc21. The summed E-state index contributed by atoms with van der Waals surface area (Å²) >= 11 is 0. The first-order valence-electron chi connectivity index (χ1n) is 17.6. The summed E-state index contributed by atoms with van der Waals surface area (Å²) in [5, 5.41) is 13.9. The van der Waals surface area contributed by atoms with Crippen molar-refractivity contribution in [2.24, 2.45) is 0 Å². The second-order valence-electron chi connectivity index (χ2n) is 13.3. The van der Waals surface area contributed by atoms with Crippen molar-refractivity contribution in [3.05, 3.63) is 169 Å². The Bertz CT molecular complexity index is 3290. The monoisotopic (exact) mass is 755 g/mol. The number of hydrogen-bond donors (Lipinski definition) is 0. The Morgan fingerprint density at radius 3 is 1.37 bits per heavy atom. The number of hydrogen-bond acceptors (Lipinski definition) is 5. The maximum atomic E-state index is 16.2. The molecule has 12 heteroatoms. The highest BCUT2D eigenvalue weighted by Gasteiger charge is 2.31. The summed E-state index contributed by atoms with van der Waals surface area (Å²) in [6.07, 6.45) is 6.39. The molecule has 6 aromatic carbocycles. The molecule has 0 unspecified atom stereocenters. The normalized spacial score (nSPS) is 11.6. The van der Waals surface area contributed by atoms with Gasteiger partial charge in [0, 0.05) is 63.0 Å². The molecule has 7 nitrogen and oxygen atoms in total. The number of benzene rings is 6. The van der Waals surface area contributed by atoms with Gasteiger partial charge in [0.2, 0.25) is 5.82 Å². The van der Waals surface area contributed by atoms with Crippen molar-refractivity contribution in [1.82, 2.24) is 29.1 Å². The van der Waals surface area contributed by atoms with Crippen molar-refractivity contribution in [3.63, 3.8) is 0 Å². The van der Waals surface area contributed by atoms with Gasteiger partial charge in [-0.25, -0.2) is 41.9 Å². The molecule has 0 aliphatic heterocycles. The van der Waals surface area contributed by atoms with Crippen molar-refractivity contribution in [3.8, 4) is 51.3 Å². The molecule has 0 N–H and O–H groups in total. The molecule has 0 atom stereocenters. The Labute approximate surface area is 319 Å². The maximum Gasteiger partial charge on any atom is 0.200 e. The number of fused-ring (bicyclic) bond motifs is 6. The van der Waals surface area contributed by atoms with Crippen LogP contribution in [0.5, 0.6) is 0 Å². The topological polar surface area (TPSA) is 85.2 Å². The summed E-state index contributed by atoms with van der Waals surface area (Å²) in [6.45, 7) is 0. The molecule has 0 saturated carbocycles. The smallest absolute Gasteiger partial charge is 0.200 e. The third kappa shape index (κ3) is 5.09. The zero-order valence-corrected chi connectivity index (χ0v) is 29.2. The van der Waals surface area contributed by atoms with Crippen LogP contribution in [0.1, 0.15) is 5.56 Å². The van der Waals surface area contributed by atoms with Gasteiger partial charge in [0.05, 0.1) is 44.6 Å². The van der Waals surface area contributed by atoms with Gasteiger partial charge in [-0.15, -0.1) is 0 Å². The fraction of sp³-hybridized carbons (Fsp3) is 0. The number of nitrogens with zero attached hydrogens (tertiary/aromatic N) is 7. The second-order valence-corrected chi connectivity index (χ2v) is 13.3. The van der Waals surface area contributed by atoms with E-state index < -0.39 is 34.6 Å². The number of para-hydroxylation sites is 2. The van der Waals surface area contributed by atoms with Crippen molar-refractivity contribution in [1.29, 1.82) is 5.26 Å². The van der Waals surface area contributed by atoms with Crippen LogP contribution in [0, 0.1) is 40.4 Å². The Kier molecular flexibility index (Phi) is 7.65. The highest BCUT2D eigenvalue weighted by atomic mass is 19.2. The van der Waals surface area contributed by atoms with E-state index in [1.165, 1.54) is 12.1 Å². The minimum absolute atomic E-state index is 0.00465. The lowest BCUT2D eigenvalue weighted by atomic mass is 9.97. The first-order chi connectivity index (χ1) is 27.8. The van der Waals surface area contributed by atoms with Crippen LogP contribution in [0.15, 0.2) is 134 Å². The molecule has 57 heavy (non-hydrogen) atoms. The van der Waals surface area contributed by atoms with E-state index in [1.54, 1.807) is 70.3 Å². The van der Waals surface area contributed by atoms with Crippen LogP contribution >= 0.6 is 0 Å². The van der Waals surface area contributed by atoms with E-state index >= 15 is 17.6 Å². The molecule has 272 valence electrons. The minimum atomic E-state index is -2.29. The van der Waals surface area contributed by atoms with Crippen molar-refractivity contribution in [2.75, 3.05) is 0 Å². The zero-order valence-electron chi connectivity index (χ0n) is 29.2. The van der Waals surface area contributed by atoms with Gasteiger partial charge in [-0.2, -0.15) is 5.26 Å². The second kappa shape index (κ2) is 12.9. The van der Waals surface area contributed by atoms with E-state index in [0.29, 0.717) is 50.2 Å². The van der Waals surface area contributed by atoms with E-state index in [1.807, 2.05) is 60.7 Å². The molecule has 0 amide bonds. The van der Waals surface area contributed by atoms with Gasteiger partial charge < -0.3 is 9.13 Å². The summed E-state index contributed by atoms with van der Waals surface area (Å²) in [4.78, 5) is 17.5. The first kappa shape index (κ1) is 33.8. The molecule has 0 aliphatic rings. The third-order valence-corrected chi connectivity index (χ3v) is 10.2. The Balaban J connectivity index is 1.36. The van der Waals surface area contributed by atoms with Crippen molar-refractivity contribution in [2.45, 2.75) is 0 Å². The van der Waals surface area contributed by atoms with Crippen molar-refractivity contribution >= 4 is 43.6 Å². The molecular weight excluding hydrogens is 734 g/mol. The fourth-order valence-electron chi connectivity index (χ4n) is 7.71. The van der Waals surface area contributed by atoms with Crippen molar-refractivity contribution < 1.29 is 22.0 Å². The molecular formula is C45H22F5N7. The first-order valence-corrected chi connectivity index (χ1v) is 17.6. The summed E-state index contributed by atoms with van der Waals surface area (Å²) in [5.41, 5.74) is 2.18. The largest absolute Gasteiger partial charge is 0.309 e. The average Bonchev–Trinajstić information content (AvgIpc) is 3.77. The highest BCUT2D eigenvalue weighted by molar-refractivity contribution is 6.12. The molecule has 4 heterocycles. The molecule has 4 aromatic heterocycles. The van der Waals surface area contributed by atoms with Crippen LogP contribution in [0.2, 0.25) is 0 Å². The van der Waals surface area contributed by atoms with Crippen LogP contribution < -0.4 is 0 Å². The Hall–Kier alpha value is -7.78. The number of rotatable bonds is 5. The maximum absolute atomic E-state index is 16.2. The lowest BCUT2D eigenvalue weighted by Crippen LogP contribution is -2.08. The molecule has 0 spiro atoms. The molecule has 0 saturated heterocycles. The number of nitriles is 1. The van der Waals surface area contributed by atoms with E-state index in [-0.39, 0.29) is 22.5 Å². The van der Waals surface area contributed by atoms with Crippen LogP contribution in [0.25, 0.3) is 88.9 Å². The predicted molar refractivity (Wildman–Crippen MR) is 207 cm³/mol. The van der Waals surface area contributed by atoms with Gasteiger partial charge in [-0.05, 0) is 48.5 Å². The molecule has 0 aliphatic carbocycles. The van der Waals surface area contributed by atoms with Crippen LogP contribution in [0.3, 0.4) is 0 Å². The fourth-order valence-corrected chi connectivity index (χ4v) is 7.71. The van der Waals surface area contributed by atoms with E-state index in [9.17, 15) is 9.65 Å².